The van der Waals surface area contributed by atoms with Crippen molar-refractivity contribution < 1.29 is 18.9 Å². The highest BCUT2D eigenvalue weighted by Crippen LogP contribution is 2.33. The van der Waals surface area contributed by atoms with Crippen LogP contribution in [0.2, 0.25) is 0 Å². The van der Waals surface area contributed by atoms with E-state index in [0.29, 0.717) is 19.3 Å². The first-order chi connectivity index (χ1) is 13.8. The molecule has 1 aromatic carbocycles. The molecule has 3 fully saturated rings. The Hall–Kier alpha value is -0.860. The molecule has 0 spiro atoms. The van der Waals surface area contributed by atoms with Crippen molar-refractivity contribution in [1.29, 1.82) is 0 Å². The second kappa shape index (κ2) is 10.3. The molecule has 7 heteroatoms. The number of fused-ring (bicyclic) bond motifs is 1. The van der Waals surface area contributed by atoms with Gasteiger partial charge in [0.1, 0.15) is 5.75 Å². The molecule has 2 atom stereocenters. The maximum atomic E-state index is 6.16. The summed E-state index contributed by atoms with van der Waals surface area (Å²) in [6, 6.07) is 6.80. The van der Waals surface area contributed by atoms with Gasteiger partial charge in [-0.3, -0.25) is 4.90 Å². The van der Waals surface area contributed by atoms with Gasteiger partial charge >= 0.3 is 0 Å². The lowest BCUT2D eigenvalue weighted by atomic mass is 10.1. The summed E-state index contributed by atoms with van der Waals surface area (Å²) in [6.45, 7) is 7.96. The van der Waals surface area contributed by atoms with E-state index in [0.717, 1.165) is 75.5 Å². The number of benzene rings is 1. The fourth-order valence-corrected chi connectivity index (χ4v) is 4.47. The zero-order valence-electron chi connectivity index (χ0n) is 16.5. The first kappa shape index (κ1) is 20.4. The van der Waals surface area contributed by atoms with Gasteiger partial charge in [0.2, 0.25) is 0 Å². The first-order valence-electron chi connectivity index (χ1n) is 10.5. The van der Waals surface area contributed by atoms with Crippen LogP contribution in [-0.4, -0.2) is 76.4 Å². The van der Waals surface area contributed by atoms with Gasteiger partial charge in [-0.15, -0.1) is 0 Å². The molecule has 0 radical (unpaired) electrons. The molecule has 1 aromatic rings. The maximum Gasteiger partial charge on any atom is 0.157 e. The molecule has 0 amide bonds. The van der Waals surface area contributed by atoms with E-state index in [1.165, 1.54) is 12.1 Å². The van der Waals surface area contributed by atoms with Crippen molar-refractivity contribution >= 4 is 21.6 Å². The Labute approximate surface area is 176 Å². The standard InChI is InChI=1S/C21H31BrN2O4/c22-17-5-6-19(24-8-7-23-9-13-25-16-18(23)15-24)20(14-17)26-11-3-12-28-21-4-1-2-10-27-21/h5-6,14,18,21H,1-4,7-13,15-16H2/t18-,21?/m1/s1. The smallest absolute Gasteiger partial charge is 0.157 e. The van der Waals surface area contributed by atoms with Gasteiger partial charge in [-0.1, -0.05) is 15.9 Å². The number of hydrogen-bond acceptors (Lipinski definition) is 6. The molecule has 0 saturated carbocycles. The maximum absolute atomic E-state index is 6.16. The molecular weight excluding hydrogens is 424 g/mol. The van der Waals surface area contributed by atoms with Crippen molar-refractivity contribution in [2.75, 3.05) is 64.1 Å². The largest absolute Gasteiger partial charge is 0.491 e. The summed E-state index contributed by atoms with van der Waals surface area (Å²) in [4.78, 5) is 4.98. The van der Waals surface area contributed by atoms with Gasteiger partial charge in [-0.2, -0.15) is 0 Å². The minimum absolute atomic E-state index is 0.0239. The quantitative estimate of drug-likeness (QED) is 0.588. The molecule has 4 rings (SSSR count). The number of ether oxygens (including phenoxy) is 4. The Kier molecular flexibility index (Phi) is 7.48. The minimum Gasteiger partial charge on any atom is -0.491 e. The number of halogens is 1. The highest BCUT2D eigenvalue weighted by Gasteiger charge is 2.30. The predicted molar refractivity (Wildman–Crippen MR) is 112 cm³/mol. The summed E-state index contributed by atoms with van der Waals surface area (Å²) in [5, 5.41) is 0. The van der Waals surface area contributed by atoms with E-state index in [4.69, 9.17) is 18.9 Å². The lowest BCUT2D eigenvalue weighted by Gasteiger charge is -2.44. The number of rotatable bonds is 7. The van der Waals surface area contributed by atoms with Crippen molar-refractivity contribution in [1.82, 2.24) is 4.90 Å². The van der Waals surface area contributed by atoms with E-state index in [9.17, 15) is 0 Å². The third kappa shape index (κ3) is 5.39. The van der Waals surface area contributed by atoms with E-state index < -0.39 is 0 Å². The molecular formula is C21H31BrN2O4. The topological polar surface area (TPSA) is 43.4 Å². The summed E-state index contributed by atoms with van der Waals surface area (Å²) in [5.41, 5.74) is 1.17. The molecule has 3 aliphatic rings. The Morgan fingerprint density at radius 3 is 2.96 bits per heavy atom. The number of hydrogen-bond donors (Lipinski definition) is 0. The van der Waals surface area contributed by atoms with Gasteiger partial charge in [0.25, 0.3) is 0 Å². The number of morpholine rings is 1. The minimum atomic E-state index is -0.0239. The third-order valence-corrected chi connectivity index (χ3v) is 6.18. The van der Waals surface area contributed by atoms with E-state index in [-0.39, 0.29) is 6.29 Å². The van der Waals surface area contributed by atoms with Crippen LogP contribution in [0.4, 0.5) is 5.69 Å². The Morgan fingerprint density at radius 2 is 2.07 bits per heavy atom. The average molecular weight is 455 g/mol. The molecule has 0 aliphatic carbocycles. The molecule has 3 aliphatic heterocycles. The highest BCUT2D eigenvalue weighted by atomic mass is 79.9. The van der Waals surface area contributed by atoms with E-state index in [2.05, 4.69) is 43.9 Å². The molecule has 0 N–H and O–H groups in total. The summed E-state index contributed by atoms with van der Waals surface area (Å²) >= 11 is 3.58. The molecule has 0 bridgehead atoms. The van der Waals surface area contributed by atoms with Gasteiger partial charge < -0.3 is 23.8 Å². The molecule has 3 saturated heterocycles. The van der Waals surface area contributed by atoms with Crippen LogP contribution in [0, 0.1) is 0 Å². The van der Waals surface area contributed by atoms with Crippen molar-refractivity contribution in [3.8, 4) is 5.75 Å². The summed E-state index contributed by atoms with van der Waals surface area (Å²) in [7, 11) is 0. The lowest BCUT2D eigenvalue weighted by molar-refractivity contribution is -0.163. The Balaban J connectivity index is 1.29. The van der Waals surface area contributed by atoms with E-state index in [1.807, 2.05) is 0 Å². The molecule has 156 valence electrons. The van der Waals surface area contributed by atoms with E-state index >= 15 is 0 Å². The van der Waals surface area contributed by atoms with Crippen LogP contribution < -0.4 is 9.64 Å². The Morgan fingerprint density at radius 1 is 1.11 bits per heavy atom. The van der Waals surface area contributed by atoms with Crippen LogP contribution in [0.5, 0.6) is 5.75 Å². The van der Waals surface area contributed by atoms with Crippen molar-refractivity contribution in [2.24, 2.45) is 0 Å². The second-order valence-corrected chi connectivity index (χ2v) is 8.61. The van der Waals surface area contributed by atoms with Gasteiger partial charge in [-0.25, -0.2) is 0 Å². The van der Waals surface area contributed by atoms with Gasteiger partial charge in [0, 0.05) is 43.7 Å². The summed E-state index contributed by atoms with van der Waals surface area (Å²) in [5.74, 6) is 0.938. The number of anilines is 1. The monoisotopic (exact) mass is 454 g/mol. The number of piperazine rings is 1. The summed E-state index contributed by atoms with van der Waals surface area (Å²) in [6.07, 6.45) is 4.19. The van der Waals surface area contributed by atoms with Crippen LogP contribution in [0.25, 0.3) is 0 Å². The summed E-state index contributed by atoms with van der Waals surface area (Å²) < 4.78 is 24.3. The molecule has 3 heterocycles. The normalized spacial score (nSPS) is 26.1. The van der Waals surface area contributed by atoms with Crippen molar-refractivity contribution in [2.45, 2.75) is 38.0 Å². The lowest BCUT2D eigenvalue weighted by Crippen LogP contribution is -2.58. The van der Waals surface area contributed by atoms with Crippen LogP contribution >= 0.6 is 15.9 Å². The molecule has 28 heavy (non-hydrogen) atoms. The van der Waals surface area contributed by atoms with Crippen molar-refractivity contribution in [3.05, 3.63) is 22.7 Å². The SMILES string of the molecule is Brc1ccc(N2CCN3CCOC[C@H]3C2)c(OCCCOC2CCCCO2)c1. The fourth-order valence-electron chi connectivity index (χ4n) is 4.13. The van der Waals surface area contributed by atoms with Gasteiger partial charge in [0.15, 0.2) is 6.29 Å². The Bertz CT molecular complexity index is 626. The highest BCUT2D eigenvalue weighted by molar-refractivity contribution is 9.10. The fraction of sp³-hybridized carbons (Fsp3) is 0.714. The van der Waals surface area contributed by atoms with Gasteiger partial charge in [0.05, 0.1) is 38.2 Å². The van der Waals surface area contributed by atoms with Crippen molar-refractivity contribution in [3.63, 3.8) is 0 Å². The van der Waals surface area contributed by atoms with Crippen LogP contribution in [-0.2, 0) is 14.2 Å². The van der Waals surface area contributed by atoms with Gasteiger partial charge in [-0.05, 0) is 37.5 Å². The van der Waals surface area contributed by atoms with Crippen LogP contribution in [0.15, 0.2) is 22.7 Å². The second-order valence-electron chi connectivity index (χ2n) is 7.69. The molecule has 0 aromatic heterocycles. The number of nitrogens with zero attached hydrogens (tertiary/aromatic N) is 2. The van der Waals surface area contributed by atoms with Crippen LogP contribution in [0.3, 0.4) is 0 Å². The zero-order valence-corrected chi connectivity index (χ0v) is 18.1. The average Bonchev–Trinajstić information content (AvgIpc) is 2.74. The molecule has 6 nitrogen and oxygen atoms in total. The third-order valence-electron chi connectivity index (χ3n) is 5.69. The molecule has 1 unspecified atom stereocenters. The predicted octanol–water partition coefficient (Wildman–Crippen LogP) is 3.28. The zero-order chi connectivity index (χ0) is 19.2. The van der Waals surface area contributed by atoms with Crippen LogP contribution in [0.1, 0.15) is 25.7 Å². The van der Waals surface area contributed by atoms with E-state index in [1.54, 1.807) is 0 Å². The first-order valence-corrected chi connectivity index (χ1v) is 11.3.